The second kappa shape index (κ2) is 3.75. The molecular formula is C10H10N2OS. The minimum Gasteiger partial charge on any atom is -0.413 e. The third-order valence-electron chi connectivity index (χ3n) is 2.12. The van der Waals surface area contributed by atoms with E-state index in [-0.39, 0.29) is 5.92 Å². The summed E-state index contributed by atoms with van der Waals surface area (Å²) in [5, 5.41) is 6.61. The van der Waals surface area contributed by atoms with Gasteiger partial charge in [-0.2, -0.15) is 0 Å². The van der Waals surface area contributed by atoms with Crippen LogP contribution in [0.25, 0.3) is 0 Å². The van der Waals surface area contributed by atoms with Crippen LogP contribution >= 0.6 is 12.2 Å². The maximum absolute atomic E-state index is 5.25. The van der Waals surface area contributed by atoms with Gasteiger partial charge in [-0.25, -0.2) is 5.10 Å². The predicted molar refractivity (Wildman–Crippen MR) is 55.6 cm³/mol. The Bertz CT molecular complexity index is 460. The van der Waals surface area contributed by atoms with Crippen LogP contribution in [0, 0.1) is 4.84 Å². The van der Waals surface area contributed by atoms with Gasteiger partial charge in [0.1, 0.15) is 0 Å². The molecule has 2 aromatic rings. The van der Waals surface area contributed by atoms with Crippen molar-refractivity contribution in [2.45, 2.75) is 12.8 Å². The summed E-state index contributed by atoms with van der Waals surface area (Å²) in [7, 11) is 0. The van der Waals surface area contributed by atoms with E-state index >= 15 is 0 Å². The second-order valence-corrected chi connectivity index (χ2v) is 3.45. The van der Waals surface area contributed by atoms with Gasteiger partial charge in [0, 0.05) is 0 Å². The number of H-pyrrole nitrogens is 1. The number of aromatic nitrogens is 2. The Kier molecular flexibility index (Phi) is 2.45. The Labute approximate surface area is 86.8 Å². The van der Waals surface area contributed by atoms with Crippen molar-refractivity contribution in [1.29, 1.82) is 0 Å². The lowest BCUT2D eigenvalue weighted by molar-refractivity contribution is 0.467. The third-order valence-corrected chi connectivity index (χ3v) is 2.30. The van der Waals surface area contributed by atoms with Gasteiger partial charge in [0.2, 0.25) is 5.89 Å². The van der Waals surface area contributed by atoms with Gasteiger partial charge in [-0.3, -0.25) is 0 Å². The average molecular weight is 206 g/mol. The fraction of sp³-hybridized carbons (Fsp3) is 0.200. The van der Waals surface area contributed by atoms with Crippen molar-refractivity contribution in [1.82, 2.24) is 10.2 Å². The zero-order chi connectivity index (χ0) is 9.97. The quantitative estimate of drug-likeness (QED) is 0.768. The van der Waals surface area contributed by atoms with E-state index in [0.29, 0.717) is 10.7 Å². The van der Waals surface area contributed by atoms with Gasteiger partial charge in [-0.15, -0.1) is 5.10 Å². The molecule has 1 aromatic carbocycles. The highest BCUT2D eigenvalue weighted by Gasteiger charge is 2.12. The fourth-order valence-electron chi connectivity index (χ4n) is 1.31. The van der Waals surface area contributed by atoms with Gasteiger partial charge in [0.25, 0.3) is 4.84 Å². The van der Waals surface area contributed by atoms with Crippen molar-refractivity contribution in [3.63, 3.8) is 0 Å². The molecule has 0 bridgehead atoms. The molecule has 0 aliphatic carbocycles. The van der Waals surface area contributed by atoms with Crippen LogP contribution < -0.4 is 0 Å². The van der Waals surface area contributed by atoms with Gasteiger partial charge in [-0.1, -0.05) is 30.3 Å². The molecule has 1 unspecified atom stereocenters. The van der Waals surface area contributed by atoms with Crippen LogP contribution in [0.15, 0.2) is 34.7 Å². The molecule has 0 amide bonds. The van der Waals surface area contributed by atoms with Crippen molar-refractivity contribution < 1.29 is 4.42 Å². The van der Waals surface area contributed by atoms with Crippen LogP contribution in [-0.2, 0) is 0 Å². The van der Waals surface area contributed by atoms with Crippen LogP contribution in [0.1, 0.15) is 24.3 Å². The number of aromatic amines is 1. The van der Waals surface area contributed by atoms with Gasteiger partial charge < -0.3 is 4.42 Å². The predicted octanol–water partition coefficient (Wildman–Crippen LogP) is 2.88. The Morgan fingerprint density at radius 3 is 2.64 bits per heavy atom. The highest BCUT2D eigenvalue weighted by Crippen LogP contribution is 2.21. The van der Waals surface area contributed by atoms with E-state index in [4.69, 9.17) is 16.6 Å². The number of nitrogens with one attached hydrogen (secondary N) is 1. The van der Waals surface area contributed by atoms with Crippen molar-refractivity contribution >= 4 is 12.2 Å². The molecule has 0 aliphatic heterocycles. The van der Waals surface area contributed by atoms with Gasteiger partial charge in [-0.05, 0) is 24.7 Å². The van der Waals surface area contributed by atoms with Gasteiger partial charge in [0.15, 0.2) is 0 Å². The van der Waals surface area contributed by atoms with Crippen LogP contribution in [0.2, 0.25) is 0 Å². The van der Waals surface area contributed by atoms with Gasteiger partial charge >= 0.3 is 0 Å². The lowest BCUT2D eigenvalue weighted by Crippen LogP contribution is -1.95. The molecule has 14 heavy (non-hydrogen) atoms. The van der Waals surface area contributed by atoms with E-state index in [0.717, 1.165) is 5.56 Å². The number of hydrogen-bond acceptors (Lipinski definition) is 3. The van der Waals surface area contributed by atoms with Crippen molar-refractivity contribution in [2.24, 2.45) is 0 Å². The summed E-state index contributed by atoms with van der Waals surface area (Å²) < 4.78 is 5.25. The van der Waals surface area contributed by atoms with Crippen molar-refractivity contribution in [3.05, 3.63) is 46.6 Å². The number of benzene rings is 1. The first-order chi connectivity index (χ1) is 6.77. The van der Waals surface area contributed by atoms with Crippen molar-refractivity contribution in [2.75, 3.05) is 0 Å². The molecule has 2 rings (SSSR count). The van der Waals surface area contributed by atoms with E-state index in [1.165, 1.54) is 0 Å². The van der Waals surface area contributed by atoms with E-state index in [9.17, 15) is 0 Å². The highest BCUT2D eigenvalue weighted by atomic mass is 32.1. The fourth-order valence-corrected chi connectivity index (χ4v) is 1.44. The van der Waals surface area contributed by atoms with E-state index in [2.05, 4.69) is 10.2 Å². The van der Waals surface area contributed by atoms with E-state index in [1.807, 2.05) is 37.3 Å². The summed E-state index contributed by atoms with van der Waals surface area (Å²) >= 11 is 4.82. The van der Waals surface area contributed by atoms with E-state index < -0.39 is 0 Å². The molecule has 0 saturated heterocycles. The SMILES string of the molecule is CC(c1ccccc1)c1n[nH]c(=S)o1. The minimum atomic E-state index is 0.129. The Hall–Kier alpha value is -1.42. The van der Waals surface area contributed by atoms with E-state index in [1.54, 1.807) is 0 Å². The van der Waals surface area contributed by atoms with Crippen LogP contribution in [-0.4, -0.2) is 10.2 Å². The molecule has 0 aliphatic rings. The summed E-state index contributed by atoms with van der Waals surface area (Å²) in [4.78, 5) is 0.322. The normalized spacial score (nSPS) is 12.6. The maximum Gasteiger partial charge on any atom is 0.284 e. The molecule has 1 atom stereocenters. The topological polar surface area (TPSA) is 41.8 Å². The molecule has 0 saturated carbocycles. The molecule has 0 fully saturated rings. The summed E-state index contributed by atoms with van der Waals surface area (Å²) in [6.45, 7) is 2.03. The number of hydrogen-bond donors (Lipinski definition) is 1. The lowest BCUT2D eigenvalue weighted by Gasteiger charge is -2.05. The largest absolute Gasteiger partial charge is 0.413 e. The van der Waals surface area contributed by atoms with Crippen molar-refractivity contribution in [3.8, 4) is 0 Å². The van der Waals surface area contributed by atoms with Crippen LogP contribution in [0.3, 0.4) is 0 Å². The lowest BCUT2D eigenvalue weighted by atomic mass is 10.0. The zero-order valence-electron chi connectivity index (χ0n) is 7.73. The first-order valence-electron chi connectivity index (χ1n) is 4.37. The first kappa shape index (κ1) is 9.15. The average Bonchev–Trinajstić information content (AvgIpc) is 2.65. The summed E-state index contributed by atoms with van der Waals surface area (Å²) in [6, 6.07) is 10.0. The maximum atomic E-state index is 5.25. The molecule has 3 nitrogen and oxygen atoms in total. The number of rotatable bonds is 2. The molecule has 4 heteroatoms. The molecule has 0 spiro atoms. The second-order valence-electron chi connectivity index (χ2n) is 3.08. The Morgan fingerprint density at radius 2 is 2.07 bits per heavy atom. The molecule has 72 valence electrons. The number of nitrogens with zero attached hydrogens (tertiary/aromatic N) is 1. The molecule has 0 radical (unpaired) electrons. The first-order valence-corrected chi connectivity index (χ1v) is 4.78. The molecular weight excluding hydrogens is 196 g/mol. The Balaban J connectivity index is 2.33. The summed E-state index contributed by atoms with van der Waals surface area (Å²) in [5.74, 6) is 0.755. The molecule has 1 aromatic heterocycles. The molecule has 1 heterocycles. The summed E-state index contributed by atoms with van der Waals surface area (Å²) in [6.07, 6.45) is 0. The molecule has 1 N–H and O–H groups in total. The summed E-state index contributed by atoms with van der Waals surface area (Å²) in [5.41, 5.74) is 1.16. The minimum absolute atomic E-state index is 0.129. The van der Waals surface area contributed by atoms with Crippen LogP contribution in [0.5, 0.6) is 0 Å². The zero-order valence-corrected chi connectivity index (χ0v) is 8.54. The third kappa shape index (κ3) is 1.75. The highest BCUT2D eigenvalue weighted by molar-refractivity contribution is 7.71. The van der Waals surface area contributed by atoms with Crippen LogP contribution in [0.4, 0.5) is 0 Å². The smallest absolute Gasteiger partial charge is 0.284 e. The van der Waals surface area contributed by atoms with Gasteiger partial charge in [0.05, 0.1) is 5.92 Å². The Morgan fingerprint density at radius 1 is 1.36 bits per heavy atom. The monoisotopic (exact) mass is 206 g/mol. The standard InChI is InChI=1S/C10H10N2OS/c1-7(8-5-3-2-4-6-8)9-11-12-10(14)13-9/h2-7H,1H3,(H,12,14).